The van der Waals surface area contributed by atoms with Crippen LogP contribution in [0.2, 0.25) is 5.02 Å². The van der Waals surface area contributed by atoms with Crippen LogP contribution in [-0.4, -0.2) is 44.6 Å². The summed E-state index contributed by atoms with van der Waals surface area (Å²) in [5.74, 6) is 5.14. The molecule has 0 radical (unpaired) electrons. The minimum Gasteiger partial charge on any atom is -0.477 e. The van der Waals surface area contributed by atoms with Crippen molar-refractivity contribution >= 4 is 51.5 Å². The van der Waals surface area contributed by atoms with Crippen LogP contribution >= 0.6 is 22.9 Å². The van der Waals surface area contributed by atoms with Crippen molar-refractivity contribution in [3.8, 4) is 11.8 Å². The number of carbonyl (C=O) groups is 2. The maximum absolute atomic E-state index is 13.7. The Morgan fingerprint density at radius 2 is 1.92 bits per heavy atom. The van der Waals surface area contributed by atoms with Gasteiger partial charge >= 0.3 is 5.97 Å². The van der Waals surface area contributed by atoms with Crippen molar-refractivity contribution in [1.29, 1.82) is 0 Å². The van der Waals surface area contributed by atoms with E-state index in [0.717, 1.165) is 43.4 Å². The van der Waals surface area contributed by atoms with Gasteiger partial charge in [-0.15, -0.1) is 11.3 Å². The van der Waals surface area contributed by atoms with Gasteiger partial charge in [-0.2, -0.15) is 0 Å². The number of carbonyl (C=O) groups excluding carboxylic acids is 1. The second kappa shape index (κ2) is 11.1. The molecule has 2 aromatic rings. The van der Waals surface area contributed by atoms with Gasteiger partial charge in [0.2, 0.25) is 5.91 Å². The fourth-order valence-electron chi connectivity index (χ4n) is 4.83. The summed E-state index contributed by atoms with van der Waals surface area (Å²) in [5.41, 5.74) is 0.170. The Morgan fingerprint density at radius 1 is 1.19 bits per heavy atom. The molecule has 192 valence electrons. The standard InChI is InChI=1S/C27H31ClN2O4S2/c1-27(2,3)13-12-20-15-22(25(35-20)26(32)33)30-23(18-8-5-4-6-9-18)16-29(17-24(30)31)36(34)21-11-7-10-19(28)14-21/h7,10-11,14-15,18,23H,4-6,8-9,16-17H2,1-3H3,(H,32,33). The van der Waals surface area contributed by atoms with Crippen molar-refractivity contribution in [2.45, 2.75) is 63.8 Å². The number of benzene rings is 1. The van der Waals surface area contributed by atoms with E-state index < -0.39 is 17.0 Å². The predicted octanol–water partition coefficient (Wildman–Crippen LogP) is 5.82. The lowest BCUT2D eigenvalue weighted by molar-refractivity contribution is -0.121. The number of aromatic carboxylic acids is 1. The molecule has 2 unspecified atom stereocenters. The normalized spacial score (nSPS) is 20.6. The molecule has 2 heterocycles. The number of carboxylic acids is 1. The molecule has 1 aliphatic carbocycles. The van der Waals surface area contributed by atoms with Gasteiger partial charge in [-0.05, 0) is 63.8 Å². The fraction of sp³-hybridized carbons (Fsp3) is 0.481. The minimum absolute atomic E-state index is 0.0692. The molecule has 2 fully saturated rings. The number of carboxylic acid groups (broad SMARTS) is 1. The zero-order valence-corrected chi connectivity index (χ0v) is 23.1. The van der Waals surface area contributed by atoms with E-state index in [1.54, 1.807) is 39.5 Å². The van der Waals surface area contributed by atoms with Crippen LogP contribution in [0.25, 0.3) is 0 Å². The van der Waals surface area contributed by atoms with E-state index in [1.165, 1.54) is 0 Å². The van der Waals surface area contributed by atoms with Crippen LogP contribution in [-0.2, 0) is 15.8 Å². The number of nitrogens with zero attached hydrogens (tertiary/aromatic N) is 2. The largest absolute Gasteiger partial charge is 0.477 e. The molecule has 0 spiro atoms. The summed E-state index contributed by atoms with van der Waals surface area (Å²) in [6.45, 7) is 6.31. The van der Waals surface area contributed by atoms with E-state index in [0.29, 0.717) is 27.0 Å². The van der Waals surface area contributed by atoms with Gasteiger partial charge < -0.3 is 10.0 Å². The third-order valence-corrected chi connectivity index (χ3v) is 9.12. The molecule has 2 aliphatic rings. The number of hydrogen-bond acceptors (Lipinski definition) is 4. The first-order chi connectivity index (χ1) is 17.0. The van der Waals surface area contributed by atoms with Crippen molar-refractivity contribution in [3.63, 3.8) is 0 Å². The maximum Gasteiger partial charge on any atom is 0.348 e. The van der Waals surface area contributed by atoms with Gasteiger partial charge in [0, 0.05) is 17.0 Å². The molecule has 1 N–H and O–H groups in total. The first kappa shape index (κ1) is 26.9. The summed E-state index contributed by atoms with van der Waals surface area (Å²) in [4.78, 5) is 28.8. The van der Waals surface area contributed by atoms with E-state index in [4.69, 9.17) is 11.6 Å². The highest BCUT2D eigenvalue weighted by molar-refractivity contribution is 7.82. The number of anilines is 1. The molecule has 1 saturated heterocycles. The molecule has 4 rings (SSSR count). The summed E-state index contributed by atoms with van der Waals surface area (Å²) in [6, 6.07) is 8.34. The Balaban J connectivity index is 1.72. The van der Waals surface area contributed by atoms with Crippen LogP contribution in [0.4, 0.5) is 5.69 Å². The van der Waals surface area contributed by atoms with Gasteiger partial charge in [0.15, 0.2) is 0 Å². The molecule has 6 nitrogen and oxygen atoms in total. The summed E-state index contributed by atoms with van der Waals surface area (Å²) in [7, 11) is -1.55. The van der Waals surface area contributed by atoms with Crippen molar-refractivity contribution in [2.75, 3.05) is 18.0 Å². The van der Waals surface area contributed by atoms with Gasteiger partial charge in [0.25, 0.3) is 0 Å². The monoisotopic (exact) mass is 546 g/mol. The zero-order valence-electron chi connectivity index (χ0n) is 20.8. The summed E-state index contributed by atoms with van der Waals surface area (Å²) >= 11 is 7.22. The third kappa shape index (κ3) is 6.20. The highest BCUT2D eigenvalue weighted by atomic mass is 35.5. The highest BCUT2D eigenvalue weighted by Crippen LogP contribution is 2.39. The van der Waals surface area contributed by atoms with Crippen LogP contribution in [0.5, 0.6) is 0 Å². The zero-order chi connectivity index (χ0) is 26.0. The molecule has 1 aromatic heterocycles. The molecular weight excluding hydrogens is 516 g/mol. The number of thiophene rings is 1. The Morgan fingerprint density at radius 3 is 2.56 bits per heavy atom. The Labute approximate surface area is 224 Å². The summed E-state index contributed by atoms with van der Waals surface area (Å²) in [6.07, 6.45) is 5.20. The average Bonchev–Trinajstić information content (AvgIpc) is 3.26. The Kier molecular flexibility index (Phi) is 8.25. The molecule has 1 saturated carbocycles. The fourth-order valence-corrected chi connectivity index (χ4v) is 7.17. The molecule has 2 atom stereocenters. The van der Waals surface area contributed by atoms with Gasteiger partial charge in [0.05, 0.1) is 28.0 Å². The smallest absolute Gasteiger partial charge is 0.348 e. The summed E-state index contributed by atoms with van der Waals surface area (Å²) in [5, 5.41) is 10.5. The van der Waals surface area contributed by atoms with Crippen LogP contribution in [0.15, 0.2) is 35.2 Å². The van der Waals surface area contributed by atoms with E-state index >= 15 is 0 Å². The van der Waals surface area contributed by atoms with E-state index in [-0.39, 0.29) is 34.7 Å². The van der Waals surface area contributed by atoms with Gasteiger partial charge in [0.1, 0.15) is 15.9 Å². The third-order valence-electron chi connectivity index (χ3n) is 6.46. The number of halogens is 1. The van der Waals surface area contributed by atoms with Crippen molar-refractivity contribution in [1.82, 2.24) is 4.31 Å². The quantitative estimate of drug-likeness (QED) is 0.479. The van der Waals surface area contributed by atoms with E-state index in [1.807, 2.05) is 20.8 Å². The number of rotatable bonds is 5. The molecule has 1 aliphatic heterocycles. The van der Waals surface area contributed by atoms with Crippen LogP contribution < -0.4 is 4.90 Å². The average molecular weight is 547 g/mol. The lowest BCUT2D eigenvalue weighted by atomic mass is 9.82. The first-order valence-electron chi connectivity index (χ1n) is 12.2. The Hall–Kier alpha value is -2.18. The van der Waals surface area contributed by atoms with Crippen LogP contribution in [0, 0.1) is 23.2 Å². The van der Waals surface area contributed by atoms with Crippen LogP contribution in [0.3, 0.4) is 0 Å². The summed E-state index contributed by atoms with van der Waals surface area (Å²) < 4.78 is 15.1. The highest BCUT2D eigenvalue weighted by Gasteiger charge is 2.42. The first-order valence-corrected chi connectivity index (χ1v) is 14.5. The van der Waals surface area contributed by atoms with E-state index in [9.17, 15) is 18.9 Å². The number of piperazine rings is 1. The minimum atomic E-state index is -1.55. The second-order valence-electron chi connectivity index (χ2n) is 10.4. The molecular formula is C27H31ClN2O4S2. The molecule has 1 aromatic carbocycles. The topological polar surface area (TPSA) is 77.9 Å². The van der Waals surface area contributed by atoms with Crippen molar-refractivity contribution < 1.29 is 18.9 Å². The molecule has 1 amide bonds. The predicted molar refractivity (Wildman–Crippen MR) is 145 cm³/mol. The van der Waals surface area contributed by atoms with Gasteiger partial charge in [-0.25, -0.2) is 13.3 Å². The molecule has 36 heavy (non-hydrogen) atoms. The van der Waals surface area contributed by atoms with Crippen LogP contribution in [0.1, 0.15) is 67.4 Å². The second-order valence-corrected chi connectivity index (χ2v) is 13.4. The SMILES string of the molecule is CC(C)(C)C#Cc1cc(N2C(=O)CN(S(=O)c3cccc(Cl)c3)CC2C2CCCCC2)c(C(=O)O)s1. The molecule has 9 heteroatoms. The number of amides is 1. The lowest BCUT2D eigenvalue weighted by Crippen LogP contribution is -2.59. The van der Waals surface area contributed by atoms with Gasteiger partial charge in [-0.1, -0.05) is 48.8 Å². The maximum atomic E-state index is 13.7. The Bertz CT molecular complexity index is 1230. The lowest BCUT2D eigenvalue weighted by Gasteiger charge is -2.44. The van der Waals surface area contributed by atoms with Crippen molar-refractivity contribution in [3.05, 3.63) is 45.1 Å². The van der Waals surface area contributed by atoms with E-state index in [2.05, 4.69) is 11.8 Å². The van der Waals surface area contributed by atoms with Crippen molar-refractivity contribution in [2.24, 2.45) is 11.3 Å². The number of hydrogen-bond donors (Lipinski definition) is 1. The van der Waals surface area contributed by atoms with Gasteiger partial charge in [-0.3, -0.25) is 4.79 Å². The molecule has 0 bridgehead atoms.